The highest BCUT2D eigenvalue weighted by Crippen LogP contribution is 2.25. The maximum atomic E-state index is 6.37. The van der Waals surface area contributed by atoms with Crippen LogP contribution in [0.3, 0.4) is 0 Å². The smallest absolute Gasteiger partial charge is 0.0622 e. The third-order valence-electron chi connectivity index (χ3n) is 4.22. The van der Waals surface area contributed by atoms with Crippen molar-refractivity contribution in [1.29, 1.82) is 0 Å². The van der Waals surface area contributed by atoms with Crippen LogP contribution in [-0.2, 0) is 4.74 Å². The van der Waals surface area contributed by atoms with E-state index in [1.54, 1.807) is 0 Å². The second kappa shape index (κ2) is 8.74. The first-order chi connectivity index (χ1) is 10.2. The molecule has 0 saturated carbocycles. The van der Waals surface area contributed by atoms with Crippen LogP contribution in [0.15, 0.2) is 24.3 Å². The number of nitrogens with one attached hydrogen (secondary N) is 1. The zero-order valence-electron chi connectivity index (χ0n) is 13.1. The average molecular weight is 311 g/mol. The molecule has 1 fully saturated rings. The van der Waals surface area contributed by atoms with Crippen LogP contribution in [0.4, 0.5) is 0 Å². The van der Waals surface area contributed by atoms with Gasteiger partial charge >= 0.3 is 0 Å². The third kappa shape index (κ3) is 4.96. The third-order valence-corrected chi connectivity index (χ3v) is 4.57. The van der Waals surface area contributed by atoms with Gasteiger partial charge in [0, 0.05) is 30.3 Å². The van der Waals surface area contributed by atoms with Gasteiger partial charge in [-0.1, -0.05) is 36.7 Å². The van der Waals surface area contributed by atoms with Gasteiger partial charge in [-0.3, -0.25) is 0 Å². The quantitative estimate of drug-likeness (QED) is 0.795. The molecule has 1 aliphatic rings. The standard InChI is InChI=1S/C17H27ClN2O/c1-3-10-19-17(15-6-4-5-7-16(15)18)8-11-20(2)14-9-12-21-13-14/h4-7,14,17,19H,3,8-13H2,1-2H3. The van der Waals surface area contributed by atoms with Gasteiger partial charge in [0.05, 0.1) is 6.61 Å². The number of hydrogen-bond acceptors (Lipinski definition) is 3. The van der Waals surface area contributed by atoms with Crippen LogP contribution in [0.2, 0.25) is 5.02 Å². The van der Waals surface area contributed by atoms with Gasteiger partial charge in [-0.15, -0.1) is 0 Å². The number of benzene rings is 1. The molecule has 1 heterocycles. The lowest BCUT2D eigenvalue weighted by Gasteiger charge is -2.26. The number of nitrogens with zero attached hydrogens (tertiary/aromatic N) is 1. The minimum atomic E-state index is 0.323. The van der Waals surface area contributed by atoms with Crippen molar-refractivity contribution in [2.45, 2.75) is 38.3 Å². The van der Waals surface area contributed by atoms with Crippen molar-refractivity contribution in [2.24, 2.45) is 0 Å². The Morgan fingerprint density at radius 2 is 2.24 bits per heavy atom. The minimum Gasteiger partial charge on any atom is -0.380 e. The lowest BCUT2D eigenvalue weighted by Crippen LogP contribution is -2.35. The summed E-state index contributed by atoms with van der Waals surface area (Å²) in [7, 11) is 2.20. The Morgan fingerprint density at radius 3 is 2.90 bits per heavy atom. The van der Waals surface area contributed by atoms with Crippen LogP contribution in [0.25, 0.3) is 0 Å². The first kappa shape index (κ1) is 16.8. The molecule has 0 spiro atoms. The zero-order valence-corrected chi connectivity index (χ0v) is 13.9. The van der Waals surface area contributed by atoms with E-state index in [1.165, 1.54) is 5.56 Å². The maximum Gasteiger partial charge on any atom is 0.0622 e. The summed E-state index contributed by atoms with van der Waals surface area (Å²) in [6.45, 7) is 6.04. The highest BCUT2D eigenvalue weighted by molar-refractivity contribution is 6.31. The Labute approximate surface area is 133 Å². The Kier molecular flexibility index (Phi) is 6.97. The predicted octanol–water partition coefficient (Wildman–Crippen LogP) is 3.49. The van der Waals surface area contributed by atoms with Crippen LogP contribution in [0.1, 0.15) is 37.8 Å². The predicted molar refractivity (Wildman–Crippen MR) is 89.0 cm³/mol. The molecule has 1 saturated heterocycles. The molecule has 0 aliphatic carbocycles. The second-order valence-electron chi connectivity index (χ2n) is 5.81. The van der Waals surface area contributed by atoms with E-state index in [9.17, 15) is 0 Å². The fourth-order valence-electron chi connectivity index (χ4n) is 2.83. The fourth-order valence-corrected chi connectivity index (χ4v) is 3.10. The van der Waals surface area contributed by atoms with Crippen LogP contribution in [0.5, 0.6) is 0 Å². The molecule has 118 valence electrons. The number of ether oxygens (including phenoxy) is 1. The SMILES string of the molecule is CCCNC(CCN(C)C1CCOC1)c1ccccc1Cl. The van der Waals surface area contributed by atoms with Crippen molar-refractivity contribution in [3.63, 3.8) is 0 Å². The van der Waals surface area contributed by atoms with Crippen molar-refractivity contribution in [3.05, 3.63) is 34.9 Å². The van der Waals surface area contributed by atoms with Gasteiger partial charge in [-0.05, 0) is 44.5 Å². The highest BCUT2D eigenvalue weighted by Gasteiger charge is 2.21. The molecular formula is C17H27ClN2O. The summed E-state index contributed by atoms with van der Waals surface area (Å²) < 4.78 is 5.48. The van der Waals surface area contributed by atoms with Gasteiger partial charge in [0.25, 0.3) is 0 Å². The number of likely N-dealkylation sites (N-methyl/N-ethyl adjacent to an activating group) is 1. The van der Waals surface area contributed by atoms with Gasteiger partial charge in [0.15, 0.2) is 0 Å². The van der Waals surface area contributed by atoms with Gasteiger partial charge < -0.3 is 15.0 Å². The second-order valence-corrected chi connectivity index (χ2v) is 6.22. The van der Waals surface area contributed by atoms with Crippen molar-refractivity contribution in [1.82, 2.24) is 10.2 Å². The molecule has 1 N–H and O–H groups in total. The van der Waals surface area contributed by atoms with Gasteiger partial charge in [0.1, 0.15) is 0 Å². The Bertz CT molecular complexity index is 421. The van der Waals surface area contributed by atoms with E-state index in [-0.39, 0.29) is 0 Å². The van der Waals surface area contributed by atoms with Crippen LogP contribution < -0.4 is 5.32 Å². The molecule has 0 bridgehead atoms. The molecule has 1 aromatic carbocycles. The summed E-state index contributed by atoms with van der Waals surface area (Å²) in [5, 5.41) is 4.49. The van der Waals surface area contributed by atoms with E-state index < -0.39 is 0 Å². The Balaban J connectivity index is 1.94. The molecule has 4 heteroatoms. The number of halogens is 1. The number of rotatable bonds is 8. The fraction of sp³-hybridized carbons (Fsp3) is 0.647. The molecule has 0 amide bonds. The van der Waals surface area contributed by atoms with E-state index in [2.05, 4.69) is 36.3 Å². The zero-order chi connectivity index (χ0) is 15.1. The van der Waals surface area contributed by atoms with E-state index >= 15 is 0 Å². The highest BCUT2D eigenvalue weighted by atomic mass is 35.5. The Hall–Kier alpha value is -0.610. The molecule has 2 rings (SSSR count). The van der Waals surface area contributed by atoms with Crippen LogP contribution in [-0.4, -0.2) is 44.3 Å². The summed E-state index contributed by atoms with van der Waals surface area (Å²) in [4.78, 5) is 2.42. The summed E-state index contributed by atoms with van der Waals surface area (Å²) >= 11 is 6.37. The van der Waals surface area contributed by atoms with E-state index in [4.69, 9.17) is 16.3 Å². The van der Waals surface area contributed by atoms with Crippen molar-refractivity contribution < 1.29 is 4.74 Å². The van der Waals surface area contributed by atoms with Crippen LogP contribution >= 0.6 is 11.6 Å². The van der Waals surface area contributed by atoms with Gasteiger partial charge in [-0.2, -0.15) is 0 Å². The molecule has 0 radical (unpaired) electrons. The number of hydrogen-bond donors (Lipinski definition) is 1. The lowest BCUT2D eigenvalue weighted by molar-refractivity contribution is 0.156. The molecule has 1 aliphatic heterocycles. The topological polar surface area (TPSA) is 24.5 Å². The molecular weight excluding hydrogens is 284 g/mol. The van der Waals surface area contributed by atoms with Crippen molar-refractivity contribution in [2.75, 3.05) is 33.4 Å². The largest absolute Gasteiger partial charge is 0.380 e. The average Bonchev–Trinajstić information content (AvgIpc) is 3.02. The summed E-state index contributed by atoms with van der Waals surface area (Å²) in [6, 6.07) is 9.06. The summed E-state index contributed by atoms with van der Waals surface area (Å²) in [6.07, 6.45) is 3.35. The van der Waals surface area contributed by atoms with Crippen molar-refractivity contribution in [3.8, 4) is 0 Å². The Morgan fingerprint density at radius 1 is 1.43 bits per heavy atom. The van der Waals surface area contributed by atoms with Gasteiger partial charge in [-0.25, -0.2) is 0 Å². The molecule has 3 nitrogen and oxygen atoms in total. The summed E-state index contributed by atoms with van der Waals surface area (Å²) in [5.74, 6) is 0. The molecule has 2 unspecified atom stereocenters. The molecule has 0 aromatic heterocycles. The van der Waals surface area contributed by atoms with Gasteiger partial charge in [0.2, 0.25) is 0 Å². The van der Waals surface area contributed by atoms with Crippen molar-refractivity contribution >= 4 is 11.6 Å². The first-order valence-electron chi connectivity index (χ1n) is 7.98. The normalized spacial score (nSPS) is 20.1. The van der Waals surface area contributed by atoms with Crippen LogP contribution in [0, 0.1) is 0 Å². The summed E-state index contributed by atoms with van der Waals surface area (Å²) in [5.41, 5.74) is 1.21. The minimum absolute atomic E-state index is 0.323. The molecule has 21 heavy (non-hydrogen) atoms. The molecule has 1 aromatic rings. The first-order valence-corrected chi connectivity index (χ1v) is 8.36. The van der Waals surface area contributed by atoms with E-state index in [1.807, 2.05) is 12.1 Å². The monoisotopic (exact) mass is 310 g/mol. The van der Waals surface area contributed by atoms with E-state index in [0.717, 1.165) is 50.6 Å². The lowest BCUT2D eigenvalue weighted by atomic mass is 10.0. The van der Waals surface area contributed by atoms with E-state index in [0.29, 0.717) is 12.1 Å². The maximum absolute atomic E-state index is 6.37. The molecule has 2 atom stereocenters.